The second-order valence-electron chi connectivity index (χ2n) is 6.22. The van der Waals surface area contributed by atoms with Crippen molar-refractivity contribution in [2.75, 3.05) is 32.9 Å². The average molecular weight is 351 g/mol. The Labute approximate surface area is 150 Å². The highest BCUT2D eigenvalue weighted by atomic mass is 32.2. The summed E-state index contributed by atoms with van der Waals surface area (Å²) in [5.74, 6) is 2.11. The van der Waals surface area contributed by atoms with Gasteiger partial charge in [0, 0.05) is 37.3 Å². The summed E-state index contributed by atoms with van der Waals surface area (Å²) in [5.41, 5.74) is 0. The summed E-state index contributed by atoms with van der Waals surface area (Å²) in [6.07, 6.45) is 0. The number of likely N-dealkylation sites (N-methyl/N-ethyl adjacent to an activating group) is 1. The lowest BCUT2D eigenvalue weighted by atomic mass is 10.1. The molecule has 1 unspecified atom stereocenters. The van der Waals surface area contributed by atoms with Crippen molar-refractivity contribution in [1.82, 2.24) is 15.5 Å². The fourth-order valence-electron chi connectivity index (χ4n) is 1.68. The van der Waals surface area contributed by atoms with Crippen LogP contribution in [0.25, 0.3) is 0 Å². The monoisotopic (exact) mass is 350 g/mol. The first-order valence-corrected chi connectivity index (χ1v) is 9.31. The number of benzene rings is 1. The van der Waals surface area contributed by atoms with Gasteiger partial charge in [-0.1, -0.05) is 32.0 Å². The predicted molar refractivity (Wildman–Crippen MR) is 104 cm³/mol. The van der Waals surface area contributed by atoms with Gasteiger partial charge >= 0.3 is 0 Å². The SMILES string of the molecule is CC(C)C(C)NC(=NCC(=O)N(C)C)NCCSc1ccccc1. The van der Waals surface area contributed by atoms with Crippen molar-refractivity contribution in [3.8, 4) is 0 Å². The van der Waals surface area contributed by atoms with E-state index in [1.54, 1.807) is 30.8 Å². The largest absolute Gasteiger partial charge is 0.356 e. The number of amides is 1. The van der Waals surface area contributed by atoms with Crippen molar-refractivity contribution in [3.63, 3.8) is 0 Å². The molecule has 24 heavy (non-hydrogen) atoms. The summed E-state index contributed by atoms with van der Waals surface area (Å²) >= 11 is 1.80. The normalized spacial score (nSPS) is 12.8. The highest BCUT2D eigenvalue weighted by molar-refractivity contribution is 7.99. The van der Waals surface area contributed by atoms with Crippen LogP contribution in [0.15, 0.2) is 40.2 Å². The maximum Gasteiger partial charge on any atom is 0.243 e. The van der Waals surface area contributed by atoms with Gasteiger partial charge in [-0.3, -0.25) is 4.79 Å². The Balaban J connectivity index is 2.51. The van der Waals surface area contributed by atoms with Crippen LogP contribution in [0.1, 0.15) is 20.8 Å². The number of carbonyl (C=O) groups is 1. The Kier molecular flexibility index (Phi) is 9.30. The van der Waals surface area contributed by atoms with E-state index in [4.69, 9.17) is 0 Å². The number of thioether (sulfide) groups is 1. The van der Waals surface area contributed by atoms with Crippen LogP contribution in [-0.4, -0.2) is 55.7 Å². The second-order valence-corrected chi connectivity index (χ2v) is 7.39. The van der Waals surface area contributed by atoms with Crippen LogP contribution in [0.4, 0.5) is 0 Å². The van der Waals surface area contributed by atoms with Crippen molar-refractivity contribution in [1.29, 1.82) is 0 Å². The Morgan fingerprint density at radius 1 is 1.21 bits per heavy atom. The summed E-state index contributed by atoms with van der Waals surface area (Å²) in [5, 5.41) is 6.69. The van der Waals surface area contributed by atoms with Crippen LogP contribution in [0.5, 0.6) is 0 Å². The van der Waals surface area contributed by atoms with Crippen LogP contribution in [-0.2, 0) is 4.79 Å². The third-order valence-electron chi connectivity index (χ3n) is 3.64. The molecule has 0 saturated carbocycles. The molecular formula is C18H30N4OS. The van der Waals surface area contributed by atoms with Crippen LogP contribution in [0.3, 0.4) is 0 Å². The van der Waals surface area contributed by atoms with Gasteiger partial charge in [0.1, 0.15) is 6.54 Å². The zero-order chi connectivity index (χ0) is 17.9. The molecule has 5 nitrogen and oxygen atoms in total. The molecule has 134 valence electrons. The first-order valence-electron chi connectivity index (χ1n) is 8.33. The number of nitrogens with zero attached hydrogens (tertiary/aromatic N) is 2. The van der Waals surface area contributed by atoms with Gasteiger partial charge in [0.15, 0.2) is 5.96 Å². The van der Waals surface area contributed by atoms with Crippen molar-refractivity contribution in [2.24, 2.45) is 10.9 Å². The van der Waals surface area contributed by atoms with Crippen molar-refractivity contribution >= 4 is 23.6 Å². The molecule has 0 aliphatic heterocycles. The van der Waals surface area contributed by atoms with Crippen LogP contribution >= 0.6 is 11.8 Å². The maximum atomic E-state index is 11.7. The number of nitrogens with one attached hydrogen (secondary N) is 2. The minimum Gasteiger partial charge on any atom is -0.356 e. The number of aliphatic imine (C=N–C) groups is 1. The Bertz CT molecular complexity index is 517. The number of guanidine groups is 1. The molecule has 6 heteroatoms. The Hall–Kier alpha value is -1.69. The first-order chi connectivity index (χ1) is 11.4. The molecule has 0 aromatic heterocycles. The molecule has 0 heterocycles. The van der Waals surface area contributed by atoms with E-state index < -0.39 is 0 Å². The summed E-state index contributed by atoms with van der Waals surface area (Å²) < 4.78 is 0. The maximum absolute atomic E-state index is 11.7. The molecule has 0 radical (unpaired) electrons. The number of hydrogen-bond acceptors (Lipinski definition) is 3. The predicted octanol–water partition coefficient (Wildman–Crippen LogP) is 2.45. The Morgan fingerprint density at radius 2 is 1.88 bits per heavy atom. The van der Waals surface area contributed by atoms with Gasteiger partial charge in [-0.15, -0.1) is 11.8 Å². The molecule has 0 aliphatic carbocycles. The van der Waals surface area contributed by atoms with E-state index in [0.717, 1.165) is 12.3 Å². The molecular weight excluding hydrogens is 320 g/mol. The zero-order valence-electron chi connectivity index (χ0n) is 15.4. The third kappa shape index (κ3) is 8.24. The standard InChI is InChI=1S/C18H30N4OS/c1-14(2)15(3)21-18(20-13-17(23)22(4)5)19-11-12-24-16-9-7-6-8-10-16/h6-10,14-15H,11-13H2,1-5H3,(H2,19,20,21). The van der Waals surface area contributed by atoms with E-state index in [0.29, 0.717) is 11.9 Å². The number of carbonyl (C=O) groups excluding carboxylic acids is 1. The highest BCUT2D eigenvalue weighted by Crippen LogP contribution is 2.15. The summed E-state index contributed by atoms with van der Waals surface area (Å²) in [7, 11) is 3.48. The van der Waals surface area contributed by atoms with Crippen LogP contribution in [0, 0.1) is 5.92 Å². The molecule has 1 atom stereocenters. The molecule has 1 aromatic carbocycles. The fraction of sp³-hybridized carbons (Fsp3) is 0.556. The highest BCUT2D eigenvalue weighted by Gasteiger charge is 2.10. The topological polar surface area (TPSA) is 56.7 Å². The minimum absolute atomic E-state index is 0.00744. The van der Waals surface area contributed by atoms with Crippen LogP contribution in [0.2, 0.25) is 0 Å². The molecule has 1 amide bonds. The van der Waals surface area contributed by atoms with Crippen molar-refractivity contribution < 1.29 is 4.79 Å². The average Bonchev–Trinajstić information content (AvgIpc) is 2.56. The molecule has 0 fully saturated rings. The smallest absolute Gasteiger partial charge is 0.243 e. The lowest BCUT2D eigenvalue weighted by molar-refractivity contribution is -0.127. The summed E-state index contributed by atoms with van der Waals surface area (Å²) in [4.78, 5) is 19.0. The van der Waals surface area contributed by atoms with Crippen LogP contribution < -0.4 is 10.6 Å². The molecule has 1 rings (SSSR count). The van der Waals surface area contributed by atoms with Crippen molar-refractivity contribution in [3.05, 3.63) is 30.3 Å². The lowest BCUT2D eigenvalue weighted by Gasteiger charge is -2.21. The van der Waals surface area contributed by atoms with E-state index in [1.807, 2.05) is 18.2 Å². The van der Waals surface area contributed by atoms with E-state index >= 15 is 0 Å². The van der Waals surface area contributed by atoms with E-state index in [1.165, 1.54) is 4.90 Å². The Morgan fingerprint density at radius 3 is 2.46 bits per heavy atom. The van der Waals surface area contributed by atoms with E-state index in [9.17, 15) is 4.79 Å². The molecule has 0 bridgehead atoms. The molecule has 2 N–H and O–H groups in total. The van der Waals surface area contributed by atoms with Gasteiger partial charge in [-0.2, -0.15) is 0 Å². The fourth-order valence-corrected chi connectivity index (χ4v) is 2.47. The number of rotatable bonds is 8. The molecule has 1 aromatic rings. The van der Waals surface area contributed by atoms with Crippen molar-refractivity contribution in [2.45, 2.75) is 31.7 Å². The zero-order valence-corrected chi connectivity index (χ0v) is 16.2. The van der Waals surface area contributed by atoms with Gasteiger partial charge in [-0.25, -0.2) is 4.99 Å². The third-order valence-corrected chi connectivity index (χ3v) is 4.66. The molecule has 0 aliphatic rings. The van der Waals surface area contributed by atoms with E-state index in [2.05, 4.69) is 48.5 Å². The molecule has 0 saturated heterocycles. The van der Waals surface area contributed by atoms with E-state index in [-0.39, 0.29) is 18.5 Å². The van der Waals surface area contributed by atoms with Gasteiger partial charge in [0.2, 0.25) is 5.91 Å². The summed E-state index contributed by atoms with van der Waals surface area (Å²) in [6, 6.07) is 10.6. The molecule has 0 spiro atoms. The first kappa shape index (κ1) is 20.4. The minimum atomic E-state index is -0.00744. The number of hydrogen-bond donors (Lipinski definition) is 2. The van der Waals surface area contributed by atoms with Gasteiger partial charge < -0.3 is 15.5 Å². The van der Waals surface area contributed by atoms with Gasteiger partial charge in [0.05, 0.1) is 0 Å². The van der Waals surface area contributed by atoms with Gasteiger partial charge in [-0.05, 0) is 25.0 Å². The van der Waals surface area contributed by atoms with Gasteiger partial charge in [0.25, 0.3) is 0 Å². The lowest BCUT2D eigenvalue weighted by Crippen LogP contribution is -2.45. The quantitative estimate of drug-likeness (QED) is 0.327. The summed E-state index contributed by atoms with van der Waals surface area (Å²) in [6.45, 7) is 7.37. The second kappa shape index (κ2) is 11.0.